The van der Waals surface area contributed by atoms with Crippen molar-refractivity contribution in [2.45, 2.75) is 217 Å². The van der Waals surface area contributed by atoms with Crippen molar-refractivity contribution in [1.82, 2.24) is 0 Å². The van der Waals surface area contributed by atoms with Crippen molar-refractivity contribution >= 4 is 23.1 Å². The van der Waals surface area contributed by atoms with Gasteiger partial charge in [-0.3, -0.25) is 19.2 Å². The second kappa shape index (κ2) is 27.8. The van der Waals surface area contributed by atoms with Crippen molar-refractivity contribution in [2.24, 2.45) is 47.3 Å². The van der Waals surface area contributed by atoms with Crippen LogP contribution in [0.3, 0.4) is 0 Å². The van der Waals surface area contributed by atoms with Crippen molar-refractivity contribution in [2.75, 3.05) is 0 Å². The number of rotatable bonds is 32. The molecule has 0 aromatic carbocycles. The monoisotopic (exact) mass is 853 g/mol. The summed E-state index contributed by atoms with van der Waals surface area (Å²) in [5.74, 6) is -2.50. The summed E-state index contributed by atoms with van der Waals surface area (Å²) in [7, 11) is 0. The third-order valence-corrected chi connectivity index (χ3v) is 13.8. The van der Waals surface area contributed by atoms with E-state index >= 15 is 0 Å². The molecular weight excluding hydrogens is 765 g/mol. The minimum absolute atomic E-state index is 0.104. The van der Waals surface area contributed by atoms with Gasteiger partial charge in [0.1, 0.15) is 0 Å². The minimum Gasteiger partial charge on any atom is -0.504 e. The van der Waals surface area contributed by atoms with Crippen LogP contribution in [0.1, 0.15) is 217 Å². The molecule has 0 amide bonds. The van der Waals surface area contributed by atoms with E-state index in [1.54, 1.807) is 0 Å². The summed E-state index contributed by atoms with van der Waals surface area (Å²) in [6.07, 6.45) is 22.1. The highest BCUT2D eigenvalue weighted by molar-refractivity contribution is 6.26. The molecule has 2 rings (SSSR count). The number of ketones is 4. The van der Waals surface area contributed by atoms with Gasteiger partial charge in [-0.05, 0) is 73.0 Å². The predicted molar refractivity (Wildman–Crippen MR) is 249 cm³/mol. The summed E-state index contributed by atoms with van der Waals surface area (Å²) in [5.41, 5.74) is -1.53. The molecular formula is C53H88O8. The molecule has 0 fully saturated rings. The van der Waals surface area contributed by atoms with Crippen LogP contribution in [0.25, 0.3) is 0 Å². The lowest BCUT2D eigenvalue weighted by Gasteiger charge is -2.22. The third-order valence-electron chi connectivity index (χ3n) is 13.8. The normalized spacial score (nSPS) is 18.6. The summed E-state index contributed by atoms with van der Waals surface area (Å²) in [6.45, 7) is 22.6. The molecule has 0 spiro atoms. The highest BCUT2D eigenvalue weighted by Crippen LogP contribution is 2.35. The molecule has 0 heterocycles. The van der Waals surface area contributed by atoms with Crippen LogP contribution in [0.2, 0.25) is 0 Å². The maximum absolute atomic E-state index is 13.3. The standard InChI is InChI=1S/C53H88O8/c1-34(2)17-11-19-36(5)21-13-23-38(7)25-15-27-40(9)29-31-42-46(54)50(58)44(51(59)47(42)55)33-45-52(60)48(56)43(49(57)53(45)61)32-30-41(10)28-16-26-39(8)24-14-22-37(6)20-12-18-35(3)4/h34-41,54,56,59,61H,11-33H2,1-10H3. The molecule has 0 saturated carbocycles. The Morgan fingerprint density at radius 1 is 0.295 bits per heavy atom. The Morgan fingerprint density at radius 3 is 0.738 bits per heavy atom. The second-order valence-corrected chi connectivity index (χ2v) is 20.9. The minimum atomic E-state index is -1.03. The van der Waals surface area contributed by atoms with Gasteiger partial charge < -0.3 is 20.4 Å². The molecule has 6 atom stereocenters. The first kappa shape index (κ1) is 54.0. The lowest BCUT2D eigenvalue weighted by Crippen LogP contribution is -2.28. The van der Waals surface area contributed by atoms with E-state index in [1.165, 1.54) is 77.0 Å². The number of aliphatic hydroxyl groups is 4. The molecule has 2 aliphatic carbocycles. The Balaban J connectivity index is 1.83. The first-order valence-electron chi connectivity index (χ1n) is 24.6. The zero-order valence-electron chi connectivity index (χ0n) is 40.3. The van der Waals surface area contributed by atoms with Gasteiger partial charge in [0.15, 0.2) is 23.0 Å². The molecule has 0 saturated heterocycles. The van der Waals surface area contributed by atoms with Crippen LogP contribution in [0.15, 0.2) is 45.3 Å². The Labute approximate surface area is 371 Å². The Morgan fingerprint density at radius 2 is 0.492 bits per heavy atom. The molecule has 6 unspecified atom stereocenters. The average Bonchev–Trinajstić information content (AvgIpc) is 3.18. The fraction of sp³-hybridized carbons (Fsp3) is 0.774. The summed E-state index contributed by atoms with van der Waals surface area (Å²) in [4.78, 5) is 53.1. The SMILES string of the molecule is CC(C)CCCC(C)CCCC(C)CCCC(C)CCC1=C(O)C(=O)C(CC2=C(O)C(=O)C(CCC(C)CCCC(C)CCCC(C)CCCC(C)C)=C(O)C2=O)=C(O)C1=O. The number of hydrogen-bond donors (Lipinski definition) is 4. The highest BCUT2D eigenvalue weighted by atomic mass is 16.3. The van der Waals surface area contributed by atoms with Gasteiger partial charge in [-0.2, -0.15) is 0 Å². The van der Waals surface area contributed by atoms with Crippen molar-refractivity contribution in [3.8, 4) is 0 Å². The van der Waals surface area contributed by atoms with Gasteiger partial charge >= 0.3 is 0 Å². The quantitative estimate of drug-likeness (QED) is 0.0489. The molecule has 61 heavy (non-hydrogen) atoms. The highest BCUT2D eigenvalue weighted by Gasteiger charge is 2.40. The van der Waals surface area contributed by atoms with E-state index in [0.29, 0.717) is 24.7 Å². The van der Waals surface area contributed by atoms with E-state index in [1.807, 2.05) is 0 Å². The summed E-state index contributed by atoms with van der Waals surface area (Å²) >= 11 is 0. The van der Waals surface area contributed by atoms with E-state index < -0.39 is 63.7 Å². The van der Waals surface area contributed by atoms with Gasteiger partial charge in [-0.25, -0.2) is 0 Å². The largest absolute Gasteiger partial charge is 0.504 e. The Kier molecular flexibility index (Phi) is 24.6. The van der Waals surface area contributed by atoms with Crippen molar-refractivity contribution in [3.05, 3.63) is 45.3 Å². The number of hydrogen-bond acceptors (Lipinski definition) is 8. The average molecular weight is 853 g/mol. The Hall–Kier alpha value is -3.16. The maximum atomic E-state index is 13.3. The van der Waals surface area contributed by atoms with E-state index in [9.17, 15) is 39.6 Å². The lowest BCUT2D eigenvalue weighted by atomic mass is 9.82. The van der Waals surface area contributed by atoms with Gasteiger partial charge in [-0.15, -0.1) is 0 Å². The number of allylic oxidation sites excluding steroid dienone is 4. The van der Waals surface area contributed by atoms with Crippen molar-refractivity contribution in [3.63, 3.8) is 0 Å². The molecule has 0 radical (unpaired) electrons. The van der Waals surface area contributed by atoms with Crippen LogP contribution in [0.5, 0.6) is 0 Å². The second-order valence-electron chi connectivity index (χ2n) is 20.9. The van der Waals surface area contributed by atoms with Crippen molar-refractivity contribution < 1.29 is 39.6 Å². The van der Waals surface area contributed by atoms with Gasteiger partial charge in [0.05, 0.1) is 11.1 Å². The molecule has 2 aliphatic rings. The number of carbonyl (C=O) groups excluding carboxylic acids is 4. The van der Waals surface area contributed by atoms with Crippen LogP contribution in [0, 0.1) is 47.3 Å². The van der Waals surface area contributed by atoms with Gasteiger partial charge in [0.25, 0.3) is 0 Å². The van der Waals surface area contributed by atoms with Crippen LogP contribution in [-0.2, 0) is 19.2 Å². The first-order valence-corrected chi connectivity index (χ1v) is 24.6. The van der Waals surface area contributed by atoms with E-state index in [4.69, 9.17) is 0 Å². The van der Waals surface area contributed by atoms with Crippen molar-refractivity contribution in [1.29, 1.82) is 0 Å². The lowest BCUT2D eigenvalue weighted by molar-refractivity contribution is -0.121. The van der Waals surface area contributed by atoms with E-state index in [2.05, 4.69) is 69.2 Å². The number of aliphatic hydroxyl groups excluding tert-OH is 4. The first-order chi connectivity index (χ1) is 28.7. The van der Waals surface area contributed by atoms with Crippen LogP contribution < -0.4 is 0 Å². The topological polar surface area (TPSA) is 149 Å². The molecule has 4 N–H and O–H groups in total. The van der Waals surface area contributed by atoms with E-state index in [-0.39, 0.29) is 35.8 Å². The number of carbonyl (C=O) groups is 4. The third kappa shape index (κ3) is 19.0. The zero-order chi connectivity index (χ0) is 45.8. The molecule has 8 heteroatoms. The summed E-state index contributed by atoms with van der Waals surface area (Å²) in [5, 5.41) is 43.4. The molecule has 348 valence electrons. The summed E-state index contributed by atoms with van der Waals surface area (Å²) < 4.78 is 0. The smallest absolute Gasteiger partial charge is 0.227 e. The molecule has 0 aromatic rings. The zero-order valence-corrected chi connectivity index (χ0v) is 40.3. The van der Waals surface area contributed by atoms with Gasteiger partial charge in [0.2, 0.25) is 23.1 Å². The predicted octanol–water partition coefficient (Wildman–Crippen LogP) is 14.6. The fourth-order valence-electron chi connectivity index (χ4n) is 9.17. The van der Waals surface area contributed by atoms with Crippen LogP contribution >= 0.6 is 0 Å². The number of Topliss-reactive ketones (excluding diaryl/α,β-unsaturated/α-hetero) is 4. The van der Waals surface area contributed by atoms with Crippen LogP contribution in [0.4, 0.5) is 0 Å². The van der Waals surface area contributed by atoms with Gasteiger partial charge in [-0.1, -0.05) is 185 Å². The van der Waals surface area contributed by atoms with Gasteiger partial charge in [0, 0.05) is 17.6 Å². The molecule has 0 aromatic heterocycles. The van der Waals surface area contributed by atoms with Crippen LogP contribution in [-0.4, -0.2) is 43.6 Å². The molecule has 8 nitrogen and oxygen atoms in total. The van der Waals surface area contributed by atoms with E-state index in [0.717, 1.165) is 62.2 Å². The fourth-order valence-corrected chi connectivity index (χ4v) is 9.17. The molecule has 0 bridgehead atoms. The maximum Gasteiger partial charge on any atom is 0.227 e. The Bertz CT molecular complexity index is 1440. The molecule has 0 aliphatic heterocycles. The summed E-state index contributed by atoms with van der Waals surface area (Å²) in [6, 6.07) is 0.